The topological polar surface area (TPSA) is 377 Å². The Morgan fingerprint density at radius 2 is 1.29 bits per heavy atom. The van der Waals surface area contributed by atoms with Crippen LogP contribution in [0.25, 0.3) is 0 Å². The van der Waals surface area contributed by atoms with E-state index in [2.05, 4.69) is 40.7 Å². The van der Waals surface area contributed by atoms with Crippen molar-refractivity contribution in [3.63, 3.8) is 0 Å². The molecule has 75 heavy (non-hydrogen) atoms. The van der Waals surface area contributed by atoms with Gasteiger partial charge in [0, 0.05) is 0 Å². The fourth-order valence-corrected chi connectivity index (χ4v) is 16.0. The van der Waals surface area contributed by atoms with E-state index in [-0.39, 0.29) is 30.3 Å². The van der Waals surface area contributed by atoms with Crippen LogP contribution in [0.15, 0.2) is 11.6 Å². The average Bonchev–Trinajstić information content (AvgIpc) is 3.35. The molecule has 9 aliphatic rings. The molecule has 9 rings (SSSR count). The van der Waals surface area contributed by atoms with E-state index in [0.717, 1.165) is 5.57 Å². The fourth-order valence-electron chi connectivity index (χ4n) is 16.0. The number of hydrogen-bond acceptors (Lipinski definition) is 22. The summed E-state index contributed by atoms with van der Waals surface area (Å²) in [5, 5.41) is 130. The van der Waals surface area contributed by atoms with E-state index in [9.17, 15) is 66.1 Å². The number of carboxylic acid groups (broad SMARTS) is 1. The molecule has 0 aromatic heterocycles. The first-order valence-corrected chi connectivity index (χ1v) is 26.8. The second-order valence-electron chi connectivity index (χ2n) is 25.4. The molecule has 14 N–H and O–H groups in total. The van der Waals surface area contributed by atoms with Crippen LogP contribution in [-0.2, 0) is 47.5 Å². The third kappa shape index (κ3) is 9.16. The van der Waals surface area contributed by atoms with Gasteiger partial charge in [-0.25, -0.2) is 0 Å². The molecule has 0 aromatic rings. The molecule has 21 unspecified atom stereocenters. The van der Waals surface area contributed by atoms with Crippen LogP contribution in [0.1, 0.15) is 106 Å². The molecule has 4 aliphatic heterocycles. The maximum Gasteiger partial charge on any atom is 0.315 e. The lowest BCUT2D eigenvalue weighted by Crippen LogP contribution is -2.70. The number of carbonyl (C=O) groups is 2. The number of fused-ring (bicyclic) bond motifs is 7. The van der Waals surface area contributed by atoms with E-state index < -0.39 is 181 Å². The van der Waals surface area contributed by atoms with Crippen LogP contribution < -0.4 is 5.73 Å². The SMILES string of the molecule is CC1OC(OC2C(OC(=O)[C@]34CCC(C)(C)CC3C3=CCC5[C@@]6(C)C[C@H](O)[C@H](OC7OC(CO)C(O)C(O)C7N)[C@@](C)(C(=O)O)C6CC[C@@]5(C)[C@@]3(C)CC4)OCC(O)C2O)C(O)C(O)C1OC1OCC(O)C(O)C1O. The van der Waals surface area contributed by atoms with Crippen molar-refractivity contribution in [1.82, 2.24) is 0 Å². The highest BCUT2D eigenvalue weighted by atomic mass is 16.8. The van der Waals surface area contributed by atoms with Gasteiger partial charge in [0.15, 0.2) is 25.0 Å². The molecule has 8 fully saturated rings. The first-order chi connectivity index (χ1) is 35.0. The molecule has 0 spiro atoms. The van der Waals surface area contributed by atoms with Crippen LogP contribution in [0, 0.1) is 50.2 Å². The van der Waals surface area contributed by atoms with Gasteiger partial charge in [-0.05, 0) is 111 Å². The van der Waals surface area contributed by atoms with Crippen molar-refractivity contribution in [3.05, 3.63) is 11.6 Å². The monoisotopic (exact) mass is 1070 g/mol. The van der Waals surface area contributed by atoms with Crippen LogP contribution in [0.5, 0.6) is 0 Å². The molecule has 4 saturated carbocycles. The van der Waals surface area contributed by atoms with E-state index in [1.54, 1.807) is 6.92 Å². The summed E-state index contributed by atoms with van der Waals surface area (Å²) in [4.78, 5) is 29.0. The molecule has 4 saturated heterocycles. The number of aliphatic hydroxyl groups excluding tert-OH is 11. The van der Waals surface area contributed by atoms with E-state index in [0.29, 0.717) is 51.4 Å². The first-order valence-electron chi connectivity index (χ1n) is 26.8. The summed E-state index contributed by atoms with van der Waals surface area (Å²) in [7, 11) is 0. The van der Waals surface area contributed by atoms with Gasteiger partial charge in [-0.15, -0.1) is 0 Å². The van der Waals surface area contributed by atoms with Crippen molar-refractivity contribution in [2.45, 2.75) is 229 Å². The van der Waals surface area contributed by atoms with Crippen molar-refractivity contribution in [1.29, 1.82) is 0 Å². The molecule has 0 bridgehead atoms. The van der Waals surface area contributed by atoms with Crippen LogP contribution >= 0.6 is 0 Å². The number of rotatable bonds is 10. The van der Waals surface area contributed by atoms with Crippen LogP contribution in [0.3, 0.4) is 0 Å². The lowest BCUT2D eigenvalue weighted by Gasteiger charge is -2.71. The fraction of sp³-hybridized carbons (Fsp3) is 0.923. The number of hydrogen-bond donors (Lipinski definition) is 13. The summed E-state index contributed by atoms with van der Waals surface area (Å²) in [5.74, 6) is -2.74. The zero-order valence-corrected chi connectivity index (χ0v) is 43.9. The number of ether oxygens (including phenoxy) is 8. The second-order valence-corrected chi connectivity index (χ2v) is 25.4. The third-order valence-corrected chi connectivity index (χ3v) is 20.8. The first kappa shape index (κ1) is 57.6. The van der Waals surface area contributed by atoms with E-state index in [4.69, 9.17) is 43.6 Å². The molecular formula is C52H83NO22. The number of carboxylic acids is 1. The van der Waals surface area contributed by atoms with Gasteiger partial charge < -0.3 is 105 Å². The number of nitrogens with two attached hydrogens (primary N) is 1. The molecular weight excluding hydrogens is 991 g/mol. The Morgan fingerprint density at radius 3 is 1.96 bits per heavy atom. The Kier molecular flexibility index (Phi) is 15.7. The van der Waals surface area contributed by atoms with Crippen LogP contribution in [0.4, 0.5) is 0 Å². The van der Waals surface area contributed by atoms with E-state index >= 15 is 4.79 Å². The smallest absolute Gasteiger partial charge is 0.315 e. The van der Waals surface area contributed by atoms with Gasteiger partial charge in [-0.3, -0.25) is 9.59 Å². The predicted molar refractivity (Wildman–Crippen MR) is 255 cm³/mol. The summed E-state index contributed by atoms with van der Waals surface area (Å²) in [6.07, 6.45) is -22.0. The van der Waals surface area contributed by atoms with Gasteiger partial charge in [0.2, 0.25) is 6.29 Å². The summed E-state index contributed by atoms with van der Waals surface area (Å²) in [5.41, 5.74) is 2.71. The number of esters is 1. The molecule has 428 valence electrons. The van der Waals surface area contributed by atoms with Crippen molar-refractivity contribution in [2.75, 3.05) is 19.8 Å². The molecule has 5 aliphatic carbocycles. The number of aliphatic hydroxyl groups is 11. The summed E-state index contributed by atoms with van der Waals surface area (Å²) in [6, 6.07) is -1.31. The van der Waals surface area contributed by atoms with Crippen LogP contribution in [-0.4, -0.2) is 216 Å². The lowest BCUT2D eigenvalue weighted by atomic mass is 9.33. The minimum absolute atomic E-state index is 0.136. The van der Waals surface area contributed by atoms with E-state index in [1.165, 1.54) is 6.92 Å². The lowest BCUT2D eigenvalue weighted by molar-refractivity contribution is -0.368. The van der Waals surface area contributed by atoms with Gasteiger partial charge in [0.05, 0.1) is 48.9 Å². The van der Waals surface area contributed by atoms with Gasteiger partial charge in [-0.2, -0.15) is 0 Å². The average molecular weight is 1070 g/mol. The molecule has 28 atom stereocenters. The minimum atomic E-state index is -1.86. The van der Waals surface area contributed by atoms with Gasteiger partial charge in [0.1, 0.15) is 73.2 Å². The highest BCUT2D eigenvalue weighted by molar-refractivity contribution is 5.79. The van der Waals surface area contributed by atoms with Crippen molar-refractivity contribution >= 4 is 11.9 Å². The van der Waals surface area contributed by atoms with Crippen molar-refractivity contribution < 1.29 is 109 Å². The largest absolute Gasteiger partial charge is 0.481 e. The summed E-state index contributed by atoms with van der Waals surface area (Å²) < 4.78 is 47.4. The highest BCUT2D eigenvalue weighted by Gasteiger charge is 2.73. The Bertz CT molecular complexity index is 2130. The highest BCUT2D eigenvalue weighted by Crippen LogP contribution is 2.76. The molecule has 0 aromatic carbocycles. The van der Waals surface area contributed by atoms with Gasteiger partial charge in [-0.1, -0.05) is 46.3 Å². The predicted octanol–water partition coefficient (Wildman–Crippen LogP) is -1.73. The Morgan fingerprint density at radius 1 is 0.667 bits per heavy atom. The summed E-state index contributed by atoms with van der Waals surface area (Å²) in [6.45, 7) is 12.5. The quantitative estimate of drug-likeness (QED) is 0.0657. The van der Waals surface area contributed by atoms with Crippen molar-refractivity contribution in [2.24, 2.45) is 56.0 Å². The summed E-state index contributed by atoms with van der Waals surface area (Å²) >= 11 is 0. The third-order valence-electron chi connectivity index (χ3n) is 20.8. The number of carbonyl (C=O) groups excluding carboxylic acids is 1. The Labute approximate surface area is 436 Å². The van der Waals surface area contributed by atoms with Crippen LogP contribution in [0.2, 0.25) is 0 Å². The van der Waals surface area contributed by atoms with Gasteiger partial charge >= 0.3 is 11.9 Å². The maximum absolute atomic E-state index is 15.3. The molecule has 0 amide bonds. The van der Waals surface area contributed by atoms with E-state index in [1.807, 2.05) is 0 Å². The Balaban J connectivity index is 0.956. The maximum atomic E-state index is 15.3. The Hall–Kier alpha value is -2.08. The number of aliphatic carboxylic acids is 1. The van der Waals surface area contributed by atoms with Crippen molar-refractivity contribution in [3.8, 4) is 0 Å². The second kappa shape index (κ2) is 20.5. The number of allylic oxidation sites excluding steroid dienone is 2. The molecule has 23 heteroatoms. The molecule has 0 radical (unpaired) electrons. The van der Waals surface area contributed by atoms with Gasteiger partial charge in [0.25, 0.3) is 0 Å². The zero-order chi connectivity index (χ0) is 54.9. The minimum Gasteiger partial charge on any atom is -0.481 e. The standard InChI is InChI=1S/C52H83NO22/c1-21-38(72-42-36(63)31(58)25(56)19-68-42)35(62)37(64)43(70-21)73-39-32(59)26(57)20-69-44(39)75-46(67)52-14-12-47(2,3)16-23(52)22-8-9-28-48(4)17-24(55)40(74-41-30(53)34(61)33(60)27(18-54)71-41)51(7,45(65)66)29(48)10-11-50(28,6)49(22,5)13-15-52/h8,21,23-44,54-64H,9-20,53H2,1-7H3,(H,65,66)/t21?,23?,24-,25?,26?,27?,28?,29?,30?,31?,32?,33?,34?,35?,36?,37?,38?,39?,40-,41?,42?,43?,44?,48+,49-,50+,51-,52-/m0/s1. The zero-order valence-electron chi connectivity index (χ0n) is 43.9. The molecule has 23 nitrogen and oxygen atoms in total. The molecule has 4 heterocycles. The normalized spacial score (nSPS) is 54.8.